The lowest BCUT2D eigenvalue weighted by Crippen LogP contribution is -2.12. The van der Waals surface area contributed by atoms with Crippen molar-refractivity contribution in [3.05, 3.63) is 42.1 Å². The molecule has 1 aromatic rings. The summed E-state index contributed by atoms with van der Waals surface area (Å²) < 4.78 is 0. The first-order valence-electron chi connectivity index (χ1n) is 4.75. The van der Waals surface area contributed by atoms with E-state index in [4.69, 9.17) is 12.2 Å². The highest BCUT2D eigenvalue weighted by atomic mass is 32.1. The summed E-state index contributed by atoms with van der Waals surface area (Å²) in [6, 6.07) is 10.1. The molecule has 1 N–H and O–H groups in total. The Hall–Kier alpha value is -1.48. The molecule has 0 amide bonds. The van der Waals surface area contributed by atoms with Gasteiger partial charge in [0.25, 0.3) is 0 Å². The van der Waals surface area contributed by atoms with Gasteiger partial charge in [-0.3, -0.25) is 0 Å². The molecular formula is C12H14N2S. The van der Waals surface area contributed by atoms with Crippen molar-refractivity contribution in [2.75, 3.05) is 0 Å². The van der Waals surface area contributed by atoms with E-state index < -0.39 is 0 Å². The van der Waals surface area contributed by atoms with Crippen molar-refractivity contribution >= 4 is 29.1 Å². The maximum absolute atomic E-state index is 4.97. The van der Waals surface area contributed by atoms with Crippen LogP contribution in [-0.4, -0.2) is 11.3 Å². The Morgan fingerprint density at radius 3 is 2.60 bits per heavy atom. The fraction of sp³-hybridized carbons (Fsp3) is 0.167. The molecule has 0 radical (unpaired) electrons. The van der Waals surface area contributed by atoms with E-state index in [9.17, 15) is 0 Å². The Morgan fingerprint density at radius 2 is 2.00 bits per heavy atom. The van der Waals surface area contributed by atoms with Gasteiger partial charge in [0.1, 0.15) is 0 Å². The quantitative estimate of drug-likeness (QED) is 0.609. The summed E-state index contributed by atoms with van der Waals surface area (Å²) in [6.45, 7) is 3.86. The lowest BCUT2D eigenvalue weighted by atomic mass is 10.1. The normalized spacial score (nSPS) is 11.7. The number of nitrogens with zero attached hydrogens (tertiary/aromatic N) is 1. The van der Waals surface area contributed by atoms with Crippen LogP contribution in [0.25, 0.3) is 5.57 Å². The Labute approximate surface area is 95.7 Å². The summed E-state index contributed by atoms with van der Waals surface area (Å²) >= 11 is 4.97. The predicted octanol–water partition coefficient (Wildman–Crippen LogP) is 3.01. The van der Waals surface area contributed by atoms with Crippen molar-refractivity contribution in [3.63, 3.8) is 0 Å². The minimum Gasteiger partial charge on any atom is -0.337 e. The molecule has 0 aliphatic heterocycles. The number of hydrogen-bond acceptors (Lipinski definition) is 1. The molecule has 0 aromatic heterocycles. The first-order valence-corrected chi connectivity index (χ1v) is 5.16. The lowest BCUT2D eigenvalue weighted by Gasteiger charge is -2.02. The van der Waals surface area contributed by atoms with E-state index in [0.29, 0.717) is 5.11 Å². The summed E-state index contributed by atoms with van der Waals surface area (Å²) in [5.41, 5.74) is 2.30. The van der Waals surface area contributed by atoms with Crippen LogP contribution in [0.5, 0.6) is 0 Å². The van der Waals surface area contributed by atoms with Crippen LogP contribution in [0.1, 0.15) is 19.4 Å². The second-order valence-electron chi connectivity index (χ2n) is 3.03. The lowest BCUT2D eigenvalue weighted by molar-refractivity contribution is 1.27. The van der Waals surface area contributed by atoms with Crippen LogP contribution < -0.4 is 5.32 Å². The van der Waals surface area contributed by atoms with Gasteiger partial charge in [0.2, 0.25) is 0 Å². The van der Waals surface area contributed by atoms with E-state index in [2.05, 4.69) is 22.4 Å². The fourth-order valence-corrected chi connectivity index (χ4v) is 1.27. The van der Waals surface area contributed by atoms with E-state index in [1.807, 2.05) is 38.2 Å². The molecule has 0 spiro atoms. The molecule has 2 nitrogen and oxygen atoms in total. The maximum Gasteiger partial charge on any atom is 0.196 e. The molecule has 0 bridgehead atoms. The van der Waals surface area contributed by atoms with Gasteiger partial charge in [-0.25, -0.2) is 4.99 Å². The number of thiocarbonyl (C=S) groups is 1. The standard InChI is InChI=1S/C12H14N2S/c1-3-13-12(15)14-9-10(2)11-7-5-4-6-8-11/h3-9H,1-2H3,(H,14,15)/b10-9+,13-3?. The van der Waals surface area contributed by atoms with Crippen molar-refractivity contribution in [1.29, 1.82) is 0 Å². The molecule has 0 saturated heterocycles. The van der Waals surface area contributed by atoms with Gasteiger partial charge in [0, 0.05) is 12.4 Å². The smallest absolute Gasteiger partial charge is 0.196 e. The molecule has 3 heteroatoms. The Morgan fingerprint density at radius 1 is 1.33 bits per heavy atom. The molecule has 1 rings (SSSR count). The third-order valence-corrected chi connectivity index (χ3v) is 2.11. The molecule has 0 saturated carbocycles. The molecule has 0 heterocycles. The number of benzene rings is 1. The highest BCUT2D eigenvalue weighted by Gasteiger charge is 1.93. The number of aliphatic imine (C=N–C) groups is 1. The van der Waals surface area contributed by atoms with Crippen LogP contribution in [0.15, 0.2) is 41.5 Å². The third-order valence-electron chi connectivity index (χ3n) is 1.89. The first-order chi connectivity index (χ1) is 7.24. The molecule has 78 valence electrons. The van der Waals surface area contributed by atoms with Crippen molar-refractivity contribution in [2.24, 2.45) is 4.99 Å². The molecule has 0 aliphatic rings. The van der Waals surface area contributed by atoms with E-state index >= 15 is 0 Å². The summed E-state index contributed by atoms with van der Waals surface area (Å²) in [5.74, 6) is 0. The summed E-state index contributed by atoms with van der Waals surface area (Å²) in [7, 11) is 0. The minimum absolute atomic E-state index is 0.479. The largest absolute Gasteiger partial charge is 0.337 e. The Bertz CT molecular complexity index is 380. The second-order valence-corrected chi connectivity index (χ2v) is 3.42. The van der Waals surface area contributed by atoms with Gasteiger partial charge in [-0.2, -0.15) is 0 Å². The molecule has 0 fully saturated rings. The number of hydrogen-bond donors (Lipinski definition) is 1. The summed E-state index contributed by atoms with van der Waals surface area (Å²) in [5, 5.41) is 3.43. The van der Waals surface area contributed by atoms with Crippen LogP contribution in [0, 0.1) is 0 Å². The van der Waals surface area contributed by atoms with Crippen LogP contribution in [0.3, 0.4) is 0 Å². The number of allylic oxidation sites excluding steroid dienone is 1. The Balaban J connectivity index is 2.65. The number of rotatable bonds is 2. The van der Waals surface area contributed by atoms with Gasteiger partial charge in [0.15, 0.2) is 5.11 Å². The van der Waals surface area contributed by atoms with Crippen LogP contribution in [0.2, 0.25) is 0 Å². The highest BCUT2D eigenvalue weighted by Crippen LogP contribution is 2.11. The Kier molecular flexibility index (Phi) is 4.71. The van der Waals surface area contributed by atoms with Crippen LogP contribution >= 0.6 is 12.2 Å². The SMILES string of the molecule is CC=NC(=S)N/C=C(\C)c1ccccc1. The zero-order chi connectivity index (χ0) is 11.1. The van der Waals surface area contributed by atoms with Crippen molar-refractivity contribution in [2.45, 2.75) is 13.8 Å². The molecule has 0 atom stereocenters. The average Bonchev–Trinajstić information content (AvgIpc) is 2.27. The van der Waals surface area contributed by atoms with Gasteiger partial charge in [-0.05, 0) is 37.2 Å². The fourth-order valence-electron chi connectivity index (χ4n) is 1.11. The van der Waals surface area contributed by atoms with Crippen molar-refractivity contribution in [1.82, 2.24) is 5.32 Å². The van der Waals surface area contributed by atoms with E-state index in [1.165, 1.54) is 5.56 Å². The van der Waals surface area contributed by atoms with Gasteiger partial charge in [0.05, 0.1) is 0 Å². The third kappa shape index (κ3) is 4.04. The number of nitrogens with one attached hydrogen (secondary N) is 1. The van der Waals surface area contributed by atoms with Crippen LogP contribution in [-0.2, 0) is 0 Å². The molecular weight excluding hydrogens is 204 g/mol. The molecule has 15 heavy (non-hydrogen) atoms. The van der Waals surface area contributed by atoms with Crippen LogP contribution in [0.4, 0.5) is 0 Å². The van der Waals surface area contributed by atoms with Gasteiger partial charge in [-0.1, -0.05) is 30.3 Å². The maximum atomic E-state index is 4.97. The van der Waals surface area contributed by atoms with E-state index in [0.717, 1.165) is 5.57 Å². The van der Waals surface area contributed by atoms with Gasteiger partial charge < -0.3 is 5.32 Å². The minimum atomic E-state index is 0.479. The zero-order valence-corrected chi connectivity index (χ0v) is 9.71. The van der Waals surface area contributed by atoms with Crippen molar-refractivity contribution < 1.29 is 0 Å². The van der Waals surface area contributed by atoms with E-state index in [-0.39, 0.29) is 0 Å². The van der Waals surface area contributed by atoms with Gasteiger partial charge >= 0.3 is 0 Å². The predicted molar refractivity (Wildman–Crippen MR) is 70.0 cm³/mol. The first kappa shape index (κ1) is 11.6. The van der Waals surface area contributed by atoms with E-state index in [1.54, 1.807) is 6.21 Å². The van der Waals surface area contributed by atoms with Gasteiger partial charge in [-0.15, -0.1) is 0 Å². The monoisotopic (exact) mass is 218 g/mol. The molecule has 0 unspecified atom stereocenters. The summed E-state index contributed by atoms with van der Waals surface area (Å²) in [6.07, 6.45) is 3.53. The molecule has 0 aliphatic carbocycles. The van der Waals surface area contributed by atoms with Crippen molar-refractivity contribution in [3.8, 4) is 0 Å². The second kappa shape index (κ2) is 6.09. The topological polar surface area (TPSA) is 24.4 Å². The molecule has 1 aromatic carbocycles. The summed E-state index contributed by atoms with van der Waals surface area (Å²) in [4.78, 5) is 3.94. The zero-order valence-electron chi connectivity index (χ0n) is 8.90. The average molecular weight is 218 g/mol. The highest BCUT2D eigenvalue weighted by molar-refractivity contribution is 7.80.